The third-order valence-corrected chi connectivity index (χ3v) is 6.40. The van der Waals surface area contributed by atoms with Crippen LogP contribution in [0.4, 0.5) is 19.0 Å². The van der Waals surface area contributed by atoms with Gasteiger partial charge in [0.2, 0.25) is 5.91 Å². The maximum absolute atomic E-state index is 12.7. The maximum Gasteiger partial charge on any atom is 0.416 e. The first-order valence-electron chi connectivity index (χ1n) is 9.85. The van der Waals surface area contributed by atoms with Gasteiger partial charge in [0.25, 0.3) is 0 Å². The molecule has 3 heterocycles. The number of pyridine rings is 1. The van der Waals surface area contributed by atoms with Gasteiger partial charge in [0, 0.05) is 40.8 Å². The number of alkyl halides is 3. The Morgan fingerprint density at radius 3 is 2.77 bits per heavy atom. The van der Waals surface area contributed by atoms with Crippen molar-refractivity contribution in [3.05, 3.63) is 58.6 Å². The fraction of sp³-hybridized carbons (Fsp3) is 0.364. The Balaban J connectivity index is 1.40. The van der Waals surface area contributed by atoms with Crippen molar-refractivity contribution in [3.8, 4) is 0 Å². The number of aromatic nitrogens is 1. The number of thiophene rings is 1. The first kappa shape index (κ1) is 20.7. The van der Waals surface area contributed by atoms with Gasteiger partial charge >= 0.3 is 6.18 Å². The third kappa shape index (κ3) is 4.43. The van der Waals surface area contributed by atoms with Crippen molar-refractivity contribution in [3.63, 3.8) is 0 Å². The highest BCUT2D eigenvalue weighted by molar-refractivity contribution is 7.19. The Hall–Kier alpha value is -2.61. The molecular weight excluding hydrogens is 411 g/mol. The van der Waals surface area contributed by atoms with E-state index in [2.05, 4.69) is 28.2 Å². The summed E-state index contributed by atoms with van der Waals surface area (Å²) >= 11 is 1.73. The van der Waals surface area contributed by atoms with E-state index in [1.54, 1.807) is 11.3 Å². The lowest BCUT2D eigenvalue weighted by molar-refractivity contribution is -0.137. The molecule has 1 amide bonds. The van der Waals surface area contributed by atoms with Crippen LogP contribution in [0.3, 0.4) is 0 Å². The topological polar surface area (TPSA) is 45.2 Å². The van der Waals surface area contributed by atoms with Crippen LogP contribution in [0, 0.1) is 12.8 Å². The quantitative estimate of drug-likeness (QED) is 0.619. The molecule has 0 saturated carbocycles. The smallest absolute Gasteiger partial charge is 0.355 e. The van der Waals surface area contributed by atoms with Crippen LogP contribution in [0.5, 0.6) is 0 Å². The molecule has 2 aromatic heterocycles. The summed E-state index contributed by atoms with van der Waals surface area (Å²) in [7, 11) is 0. The Kier molecular flexibility index (Phi) is 5.69. The summed E-state index contributed by atoms with van der Waals surface area (Å²) in [5.74, 6) is 0.662. The number of fused-ring (bicyclic) bond motifs is 1. The number of piperidine rings is 1. The van der Waals surface area contributed by atoms with Gasteiger partial charge in [-0.05, 0) is 49.6 Å². The van der Waals surface area contributed by atoms with Crippen molar-refractivity contribution in [2.45, 2.75) is 32.5 Å². The zero-order chi connectivity index (χ0) is 21.3. The summed E-state index contributed by atoms with van der Waals surface area (Å²) < 4.78 is 39.2. The zero-order valence-corrected chi connectivity index (χ0v) is 17.3. The van der Waals surface area contributed by atoms with Gasteiger partial charge in [0.1, 0.15) is 5.82 Å². The zero-order valence-electron chi connectivity index (χ0n) is 16.5. The molecule has 4 rings (SSSR count). The second-order valence-electron chi connectivity index (χ2n) is 7.60. The van der Waals surface area contributed by atoms with Crippen LogP contribution < -0.4 is 10.2 Å². The van der Waals surface area contributed by atoms with Crippen molar-refractivity contribution in [2.75, 3.05) is 18.0 Å². The van der Waals surface area contributed by atoms with E-state index in [1.165, 1.54) is 21.7 Å². The molecule has 8 heteroatoms. The van der Waals surface area contributed by atoms with E-state index in [4.69, 9.17) is 0 Å². The second-order valence-corrected chi connectivity index (χ2v) is 8.89. The van der Waals surface area contributed by atoms with Gasteiger partial charge in [-0.25, -0.2) is 4.98 Å². The number of carbonyl (C=O) groups is 1. The standard InChI is InChI=1S/C22H22F3N3OS/c1-14-11-18-19(30-14)8-9-26-20(18)28-10-2-3-16(13-28)21(29)27-12-15-4-6-17(7-5-15)22(23,24)25/h4-9,11,16H,2-3,10,12-13H2,1H3,(H,27,29)/t16-/m0/s1. The van der Waals surface area contributed by atoms with Gasteiger partial charge in [-0.3, -0.25) is 4.79 Å². The molecule has 1 fully saturated rings. The number of hydrogen-bond acceptors (Lipinski definition) is 4. The molecule has 0 aliphatic carbocycles. The minimum absolute atomic E-state index is 0.0757. The molecule has 0 radical (unpaired) electrons. The van der Waals surface area contributed by atoms with Crippen molar-refractivity contribution in [1.82, 2.24) is 10.3 Å². The lowest BCUT2D eigenvalue weighted by Crippen LogP contribution is -2.43. The molecule has 1 aliphatic rings. The van der Waals surface area contributed by atoms with Gasteiger partial charge in [-0.2, -0.15) is 13.2 Å². The van der Waals surface area contributed by atoms with E-state index in [9.17, 15) is 18.0 Å². The van der Waals surface area contributed by atoms with Crippen molar-refractivity contribution < 1.29 is 18.0 Å². The van der Waals surface area contributed by atoms with Gasteiger partial charge in [-0.1, -0.05) is 12.1 Å². The number of nitrogens with one attached hydrogen (secondary N) is 1. The van der Waals surface area contributed by atoms with Crippen LogP contribution in [-0.4, -0.2) is 24.0 Å². The van der Waals surface area contributed by atoms with Crippen molar-refractivity contribution in [1.29, 1.82) is 0 Å². The predicted molar refractivity (Wildman–Crippen MR) is 113 cm³/mol. The molecule has 4 nitrogen and oxygen atoms in total. The SMILES string of the molecule is Cc1cc2c(N3CCC[C@H](C(=O)NCc4ccc(C(F)(F)F)cc4)C3)nccc2s1. The van der Waals surface area contributed by atoms with Gasteiger partial charge in [0.15, 0.2) is 0 Å². The maximum atomic E-state index is 12.7. The molecular formula is C22H22F3N3OS. The monoisotopic (exact) mass is 433 g/mol. The number of aryl methyl sites for hydroxylation is 1. The average molecular weight is 433 g/mol. The van der Waals surface area contributed by atoms with E-state index >= 15 is 0 Å². The number of halogens is 3. The molecule has 158 valence electrons. The fourth-order valence-corrected chi connectivity index (χ4v) is 4.77. The lowest BCUT2D eigenvalue weighted by atomic mass is 9.96. The molecule has 30 heavy (non-hydrogen) atoms. The minimum atomic E-state index is -4.36. The van der Waals surface area contributed by atoms with Crippen LogP contribution in [0.15, 0.2) is 42.6 Å². The molecule has 0 spiro atoms. The first-order chi connectivity index (χ1) is 14.3. The highest BCUT2D eigenvalue weighted by Gasteiger charge is 2.30. The molecule has 0 unspecified atom stereocenters. The number of hydrogen-bond donors (Lipinski definition) is 1. The van der Waals surface area contributed by atoms with Crippen molar-refractivity contribution >= 4 is 33.1 Å². The average Bonchev–Trinajstić information content (AvgIpc) is 3.12. The second kappa shape index (κ2) is 8.26. The Morgan fingerprint density at radius 2 is 2.03 bits per heavy atom. The summed E-state index contributed by atoms with van der Waals surface area (Å²) in [6, 6.07) is 9.03. The number of anilines is 1. The number of rotatable bonds is 4. The molecule has 1 aromatic carbocycles. The minimum Gasteiger partial charge on any atom is -0.355 e. The molecule has 1 aliphatic heterocycles. The van der Waals surface area contributed by atoms with E-state index in [1.807, 2.05) is 12.3 Å². The Labute approximate surface area is 176 Å². The fourth-order valence-electron chi connectivity index (χ4n) is 3.86. The van der Waals surface area contributed by atoms with Gasteiger partial charge in [0.05, 0.1) is 11.5 Å². The van der Waals surface area contributed by atoms with Crippen LogP contribution in [0.2, 0.25) is 0 Å². The van der Waals surface area contributed by atoms with Crippen LogP contribution in [-0.2, 0) is 17.5 Å². The van der Waals surface area contributed by atoms with E-state index in [-0.39, 0.29) is 18.4 Å². The highest BCUT2D eigenvalue weighted by Crippen LogP contribution is 2.33. The Morgan fingerprint density at radius 1 is 1.27 bits per heavy atom. The number of carbonyl (C=O) groups excluding carboxylic acids is 1. The molecule has 1 saturated heterocycles. The molecule has 1 N–H and O–H groups in total. The number of nitrogens with zero attached hydrogens (tertiary/aromatic N) is 2. The van der Waals surface area contributed by atoms with Gasteiger partial charge in [-0.15, -0.1) is 11.3 Å². The normalized spacial score (nSPS) is 17.3. The molecule has 0 bridgehead atoms. The first-order valence-corrected chi connectivity index (χ1v) is 10.7. The predicted octanol–water partition coefficient (Wildman–Crippen LogP) is 5.16. The summed E-state index contributed by atoms with van der Waals surface area (Å²) in [5.41, 5.74) is -0.0463. The van der Waals surface area contributed by atoms with E-state index in [0.29, 0.717) is 12.1 Å². The highest BCUT2D eigenvalue weighted by atomic mass is 32.1. The number of amides is 1. The third-order valence-electron chi connectivity index (χ3n) is 5.39. The van der Waals surface area contributed by atoms with Crippen LogP contribution >= 0.6 is 11.3 Å². The Bertz CT molecular complexity index is 1050. The summed E-state index contributed by atoms with van der Waals surface area (Å²) in [5, 5.41) is 3.99. The van der Waals surface area contributed by atoms with E-state index < -0.39 is 11.7 Å². The van der Waals surface area contributed by atoms with E-state index in [0.717, 1.165) is 42.7 Å². The van der Waals surface area contributed by atoms with Crippen molar-refractivity contribution in [2.24, 2.45) is 5.92 Å². The largest absolute Gasteiger partial charge is 0.416 e. The molecule has 3 aromatic rings. The van der Waals surface area contributed by atoms with Crippen LogP contribution in [0.25, 0.3) is 10.1 Å². The summed E-state index contributed by atoms with van der Waals surface area (Å²) in [6.07, 6.45) is -0.874. The summed E-state index contributed by atoms with van der Waals surface area (Å²) in [6.45, 7) is 3.72. The molecule has 1 atom stereocenters. The lowest BCUT2D eigenvalue weighted by Gasteiger charge is -2.33. The van der Waals surface area contributed by atoms with Gasteiger partial charge < -0.3 is 10.2 Å². The number of benzene rings is 1. The summed E-state index contributed by atoms with van der Waals surface area (Å²) in [4.78, 5) is 20.7. The van der Waals surface area contributed by atoms with Crippen LogP contribution in [0.1, 0.15) is 28.8 Å².